The molecule has 5 rings (SSSR count). The highest BCUT2D eigenvalue weighted by molar-refractivity contribution is 5.99. The predicted octanol–water partition coefficient (Wildman–Crippen LogP) is 3.60. The zero-order valence-corrected chi connectivity index (χ0v) is 21.0. The van der Waals surface area contributed by atoms with E-state index in [1.807, 2.05) is 59.3 Å². The van der Waals surface area contributed by atoms with Crippen molar-refractivity contribution in [3.63, 3.8) is 0 Å². The molecule has 0 radical (unpaired) electrons. The number of aromatic nitrogens is 4. The maximum Gasteiger partial charge on any atom is 0.323 e. The van der Waals surface area contributed by atoms with Crippen LogP contribution >= 0.6 is 0 Å². The normalized spacial score (nSPS) is 14.1. The van der Waals surface area contributed by atoms with E-state index in [0.717, 1.165) is 37.6 Å². The Hall–Kier alpha value is -4.48. The number of ether oxygens (including phenoxy) is 1. The lowest BCUT2D eigenvalue weighted by atomic mass is 10.2. The number of amides is 2. The Morgan fingerprint density at radius 3 is 2.34 bits per heavy atom. The Morgan fingerprint density at radius 2 is 1.66 bits per heavy atom. The van der Waals surface area contributed by atoms with Crippen LogP contribution in [0.2, 0.25) is 0 Å². The van der Waals surface area contributed by atoms with E-state index in [1.165, 1.54) is 0 Å². The largest absolute Gasteiger partial charge is 0.392 e. The Balaban J connectivity index is 1.21. The van der Waals surface area contributed by atoms with Gasteiger partial charge in [0.1, 0.15) is 11.6 Å². The van der Waals surface area contributed by atoms with Crippen molar-refractivity contribution in [2.75, 3.05) is 53.7 Å². The molecule has 2 aromatic heterocycles. The van der Waals surface area contributed by atoms with Gasteiger partial charge in [-0.25, -0.2) is 14.8 Å². The van der Waals surface area contributed by atoms with Crippen LogP contribution in [-0.4, -0.2) is 69.6 Å². The Morgan fingerprint density at radius 1 is 0.974 bits per heavy atom. The molecule has 2 amide bonds. The van der Waals surface area contributed by atoms with Gasteiger partial charge in [-0.1, -0.05) is 0 Å². The molecule has 1 aliphatic heterocycles. The number of nitrogens with one attached hydrogen (secondary N) is 3. The number of rotatable bonds is 8. The van der Waals surface area contributed by atoms with E-state index in [9.17, 15) is 9.90 Å². The van der Waals surface area contributed by atoms with E-state index in [2.05, 4.69) is 35.8 Å². The summed E-state index contributed by atoms with van der Waals surface area (Å²) in [4.78, 5) is 28.0. The third kappa shape index (κ3) is 6.25. The van der Waals surface area contributed by atoms with Crippen LogP contribution in [0.4, 0.5) is 27.8 Å². The minimum absolute atomic E-state index is 0.323. The van der Waals surface area contributed by atoms with Crippen molar-refractivity contribution in [1.29, 1.82) is 0 Å². The first-order valence-corrected chi connectivity index (χ1v) is 12.4. The van der Waals surface area contributed by atoms with E-state index < -0.39 is 6.10 Å². The van der Waals surface area contributed by atoms with Crippen molar-refractivity contribution in [1.82, 2.24) is 19.5 Å². The van der Waals surface area contributed by atoms with Gasteiger partial charge in [0.15, 0.2) is 0 Å². The smallest absolute Gasteiger partial charge is 0.323 e. The molecule has 3 heterocycles. The molecule has 0 saturated carbocycles. The lowest BCUT2D eigenvalue weighted by molar-refractivity contribution is 0.122. The summed E-state index contributed by atoms with van der Waals surface area (Å²) in [5, 5.41) is 18.2. The Bertz CT molecular complexity index is 1350. The molecule has 4 N–H and O–H groups in total. The number of morpholine rings is 1. The van der Waals surface area contributed by atoms with Crippen molar-refractivity contribution in [2.45, 2.75) is 13.0 Å². The van der Waals surface area contributed by atoms with Crippen molar-refractivity contribution in [2.24, 2.45) is 0 Å². The molecule has 0 bridgehead atoms. The number of aliphatic hydroxyl groups is 1. The maximum atomic E-state index is 12.5. The minimum atomic E-state index is -0.513. The molecule has 38 heavy (non-hydrogen) atoms. The summed E-state index contributed by atoms with van der Waals surface area (Å²) in [6.07, 6.45) is 4.66. The van der Waals surface area contributed by atoms with Gasteiger partial charge in [-0.3, -0.25) is 4.57 Å². The van der Waals surface area contributed by atoms with Crippen LogP contribution in [0.3, 0.4) is 0 Å². The average Bonchev–Trinajstić information content (AvgIpc) is 3.44. The number of hydrogen-bond donors (Lipinski definition) is 4. The van der Waals surface area contributed by atoms with Crippen molar-refractivity contribution in [3.8, 4) is 17.2 Å². The summed E-state index contributed by atoms with van der Waals surface area (Å²) in [5.74, 6) is 1.76. The number of benzene rings is 2. The number of nitrogens with zero attached hydrogens (tertiary/aromatic N) is 5. The molecule has 0 spiro atoms. The van der Waals surface area contributed by atoms with Gasteiger partial charge in [0.2, 0.25) is 5.95 Å². The maximum absolute atomic E-state index is 12.5. The predicted molar refractivity (Wildman–Crippen MR) is 147 cm³/mol. The second kappa shape index (κ2) is 11.7. The molecule has 0 aliphatic carbocycles. The molecule has 1 fully saturated rings. The van der Waals surface area contributed by atoms with Gasteiger partial charge < -0.3 is 30.7 Å². The topological polar surface area (TPSA) is 129 Å². The molecule has 1 aliphatic rings. The number of anilines is 4. The number of imidazole rings is 1. The van der Waals surface area contributed by atoms with Gasteiger partial charge >= 0.3 is 6.03 Å². The minimum Gasteiger partial charge on any atom is -0.392 e. The standard InChI is InChI=1S/C27H30N8O3/c1-19(36)18-30-26-29-11-10-24(33-26)35-13-12-28-25(35)20-2-4-21(5-3-20)31-27(37)32-22-6-8-23(9-7-22)34-14-16-38-17-15-34/h2-13,19,36H,14-18H2,1H3,(H,29,30,33)(H2,31,32,37). The fraction of sp³-hybridized carbons (Fsp3) is 0.259. The van der Waals surface area contributed by atoms with Crippen LogP contribution in [-0.2, 0) is 4.74 Å². The van der Waals surface area contributed by atoms with Gasteiger partial charge in [-0.05, 0) is 61.5 Å². The van der Waals surface area contributed by atoms with Gasteiger partial charge in [-0.2, -0.15) is 4.98 Å². The Labute approximate surface area is 220 Å². The zero-order chi connectivity index (χ0) is 26.3. The lowest BCUT2D eigenvalue weighted by Gasteiger charge is -2.28. The number of carbonyl (C=O) groups is 1. The van der Waals surface area contributed by atoms with E-state index in [0.29, 0.717) is 35.5 Å². The quantitative estimate of drug-likeness (QED) is 0.281. The second-order valence-corrected chi connectivity index (χ2v) is 8.89. The molecule has 1 saturated heterocycles. The molecular weight excluding hydrogens is 484 g/mol. The third-order valence-electron chi connectivity index (χ3n) is 5.99. The van der Waals surface area contributed by atoms with Crippen LogP contribution in [0.15, 0.2) is 73.2 Å². The third-order valence-corrected chi connectivity index (χ3v) is 5.99. The molecule has 4 aromatic rings. The second-order valence-electron chi connectivity index (χ2n) is 8.89. The molecular formula is C27H30N8O3. The van der Waals surface area contributed by atoms with E-state index >= 15 is 0 Å². The molecule has 2 aromatic carbocycles. The Kier molecular flexibility index (Phi) is 7.76. The lowest BCUT2D eigenvalue weighted by Crippen LogP contribution is -2.36. The van der Waals surface area contributed by atoms with E-state index in [1.54, 1.807) is 25.4 Å². The first kappa shape index (κ1) is 25.2. The average molecular weight is 515 g/mol. The van der Waals surface area contributed by atoms with Crippen molar-refractivity contribution in [3.05, 3.63) is 73.2 Å². The summed E-state index contributed by atoms with van der Waals surface area (Å²) in [6, 6.07) is 16.7. The summed E-state index contributed by atoms with van der Waals surface area (Å²) < 4.78 is 7.25. The van der Waals surface area contributed by atoms with Crippen LogP contribution in [0.25, 0.3) is 17.2 Å². The van der Waals surface area contributed by atoms with Crippen LogP contribution in [0.1, 0.15) is 6.92 Å². The summed E-state index contributed by atoms with van der Waals surface area (Å²) in [7, 11) is 0. The van der Waals surface area contributed by atoms with E-state index in [-0.39, 0.29) is 6.03 Å². The van der Waals surface area contributed by atoms with E-state index in [4.69, 9.17) is 4.74 Å². The summed E-state index contributed by atoms with van der Waals surface area (Å²) in [6.45, 7) is 5.23. The number of carbonyl (C=O) groups excluding carboxylic acids is 1. The summed E-state index contributed by atoms with van der Waals surface area (Å²) in [5.41, 5.74) is 3.34. The van der Waals surface area contributed by atoms with Crippen molar-refractivity contribution < 1.29 is 14.6 Å². The summed E-state index contributed by atoms with van der Waals surface area (Å²) >= 11 is 0. The van der Waals surface area contributed by atoms with Crippen molar-refractivity contribution >= 4 is 29.0 Å². The van der Waals surface area contributed by atoms with Crippen LogP contribution in [0.5, 0.6) is 0 Å². The highest BCUT2D eigenvalue weighted by atomic mass is 16.5. The fourth-order valence-corrected chi connectivity index (χ4v) is 4.08. The highest BCUT2D eigenvalue weighted by Gasteiger charge is 2.13. The first-order chi connectivity index (χ1) is 18.5. The van der Waals surface area contributed by atoms with Gasteiger partial charge in [0, 0.05) is 60.9 Å². The highest BCUT2D eigenvalue weighted by Crippen LogP contribution is 2.23. The molecule has 1 unspecified atom stereocenters. The number of hydrogen-bond acceptors (Lipinski definition) is 8. The monoisotopic (exact) mass is 514 g/mol. The number of aliphatic hydroxyl groups excluding tert-OH is 1. The van der Waals surface area contributed by atoms with Crippen LogP contribution < -0.4 is 20.9 Å². The molecule has 196 valence electrons. The first-order valence-electron chi connectivity index (χ1n) is 12.4. The molecule has 11 heteroatoms. The number of urea groups is 1. The fourth-order valence-electron chi connectivity index (χ4n) is 4.08. The SMILES string of the molecule is CC(O)CNc1nccc(-n2ccnc2-c2ccc(NC(=O)Nc3ccc(N4CCOCC4)cc3)cc2)n1. The molecule has 1 atom stereocenters. The molecule has 11 nitrogen and oxygen atoms in total. The zero-order valence-electron chi connectivity index (χ0n) is 21.0. The van der Waals surface area contributed by atoms with Gasteiger partial charge in [0.25, 0.3) is 0 Å². The van der Waals surface area contributed by atoms with Gasteiger partial charge in [0.05, 0.1) is 19.3 Å². The van der Waals surface area contributed by atoms with Crippen LogP contribution in [0, 0.1) is 0 Å². The van der Waals surface area contributed by atoms with Gasteiger partial charge in [-0.15, -0.1) is 0 Å².